The topological polar surface area (TPSA) is 168 Å². The van der Waals surface area contributed by atoms with E-state index in [1.54, 1.807) is 0 Å². The molecular weight excluding hydrogens is 338 g/mol. The molecule has 1 aromatic rings. The molecule has 1 rings (SSSR count). The number of carbonyl (C=O) groups is 2. The van der Waals surface area contributed by atoms with Gasteiger partial charge in [-0.15, -0.1) is 0 Å². The molecule has 0 bridgehead atoms. The molecule has 0 radical (unpaired) electrons. The maximum absolute atomic E-state index is 11.6. The number of urea groups is 1. The van der Waals surface area contributed by atoms with Gasteiger partial charge >= 0.3 is 6.03 Å². The number of aliphatic carboxylic acids is 1. The lowest BCUT2D eigenvalue weighted by atomic mass is 10.2. The maximum Gasteiger partial charge on any atom is 0.319 e. The van der Waals surface area contributed by atoms with Gasteiger partial charge in [-0.05, 0) is 12.5 Å². The van der Waals surface area contributed by atoms with Gasteiger partial charge in [0.15, 0.2) is 4.90 Å². The van der Waals surface area contributed by atoms with Gasteiger partial charge in [0.05, 0.1) is 22.7 Å². The van der Waals surface area contributed by atoms with E-state index in [1.165, 1.54) is 6.92 Å². The number of benzene rings is 1. The fraction of sp³-hybridized carbons (Fsp3) is 0.273. The molecule has 1 aromatic carbocycles. The summed E-state index contributed by atoms with van der Waals surface area (Å²) in [5, 5.41) is 14.9. The van der Waals surface area contributed by atoms with E-state index in [-0.39, 0.29) is 17.3 Å². The highest BCUT2D eigenvalue weighted by atomic mass is 35.5. The van der Waals surface area contributed by atoms with Gasteiger partial charge in [-0.25, -0.2) is 4.79 Å². The van der Waals surface area contributed by atoms with Gasteiger partial charge in [0, 0.05) is 18.7 Å². The minimum atomic E-state index is -4.50. The second-order valence-corrected chi connectivity index (χ2v) is 6.14. The summed E-state index contributed by atoms with van der Waals surface area (Å²) in [6.45, 7) is 1.12. The lowest BCUT2D eigenvalue weighted by Crippen LogP contribution is -2.49. The number of carbonyl (C=O) groups excluding carboxylic acids is 2. The Labute approximate surface area is 131 Å². The van der Waals surface area contributed by atoms with E-state index in [1.807, 2.05) is 0 Å². The zero-order valence-electron chi connectivity index (χ0n) is 11.3. The number of halogens is 1. The van der Waals surface area contributed by atoms with Crippen molar-refractivity contribution in [1.29, 1.82) is 0 Å². The second-order valence-electron chi connectivity index (χ2n) is 4.31. The summed E-state index contributed by atoms with van der Waals surface area (Å²) in [4.78, 5) is 21.5. The van der Waals surface area contributed by atoms with Crippen molar-refractivity contribution in [2.24, 2.45) is 5.73 Å². The third-order valence-electron chi connectivity index (χ3n) is 2.65. The lowest BCUT2D eigenvalue weighted by molar-refractivity contribution is -0.307. The SMILES string of the molecule is Cc1c(Cl)cc([S+](=O)([O-])O)cc1NC(=O)NC[C@H](N)C(=O)[O-]. The minimum absolute atomic E-state index is 0.0110. The van der Waals surface area contributed by atoms with Crippen LogP contribution in [0.5, 0.6) is 0 Å². The molecule has 0 aliphatic heterocycles. The van der Waals surface area contributed by atoms with Crippen LogP contribution in [0.3, 0.4) is 0 Å². The van der Waals surface area contributed by atoms with Crippen LogP contribution in [0.15, 0.2) is 17.0 Å². The Morgan fingerprint density at radius 2 is 2.09 bits per heavy atom. The fourth-order valence-corrected chi connectivity index (χ4v) is 2.20. The van der Waals surface area contributed by atoms with Crippen LogP contribution in [0.2, 0.25) is 5.02 Å². The molecule has 2 atom stereocenters. The molecule has 0 spiro atoms. The Kier molecular flexibility index (Phi) is 5.85. The van der Waals surface area contributed by atoms with Crippen molar-refractivity contribution in [2.45, 2.75) is 17.9 Å². The van der Waals surface area contributed by atoms with E-state index < -0.39 is 33.4 Å². The van der Waals surface area contributed by atoms with Gasteiger partial charge in [0.2, 0.25) is 10.5 Å². The predicted octanol–water partition coefficient (Wildman–Crippen LogP) is -0.691. The maximum atomic E-state index is 11.6. The standard InChI is InChI=1S/C11H14ClN3O6S/c1-5-7(12)2-6(22(19,20)21)3-9(5)15-11(18)14-4-8(13)10(16)17/h2-3,8H,4,13H2,1H3,(H4-,14,15,16,17,18,19,20,21)/p-1/t8-/m0/s1. The van der Waals surface area contributed by atoms with Gasteiger partial charge in [-0.1, -0.05) is 15.8 Å². The largest absolute Gasteiger partial charge is 0.582 e. The number of hydrogen-bond acceptors (Lipinski definition) is 6. The summed E-state index contributed by atoms with van der Waals surface area (Å²) in [6, 6.07) is -0.182. The fourth-order valence-electron chi connectivity index (χ4n) is 1.39. The van der Waals surface area contributed by atoms with Gasteiger partial charge in [-0.3, -0.25) is 0 Å². The molecule has 0 saturated carbocycles. The molecule has 122 valence electrons. The normalized spacial score (nSPS) is 14.8. The second kappa shape index (κ2) is 7.03. The number of carboxylic acids is 1. The molecule has 0 heterocycles. The zero-order valence-corrected chi connectivity index (χ0v) is 12.9. The van der Waals surface area contributed by atoms with Crippen LogP contribution in [0, 0.1) is 6.92 Å². The van der Waals surface area contributed by atoms with E-state index in [2.05, 4.69) is 10.6 Å². The first kappa shape index (κ1) is 18.3. The summed E-state index contributed by atoms with van der Waals surface area (Å²) in [7, 11) is -4.50. The Morgan fingerprint density at radius 3 is 2.59 bits per heavy atom. The molecule has 5 N–H and O–H groups in total. The van der Waals surface area contributed by atoms with Crippen molar-refractivity contribution >= 4 is 39.8 Å². The third kappa shape index (κ3) is 4.93. The zero-order chi connectivity index (χ0) is 17.1. The van der Waals surface area contributed by atoms with Crippen LogP contribution in [-0.4, -0.2) is 33.7 Å². The molecule has 0 aliphatic carbocycles. The molecule has 0 saturated heterocycles. The number of hydrogen-bond donors (Lipinski definition) is 4. The first-order chi connectivity index (χ1) is 10.0. The summed E-state index contributed by atoms with van der Waals surface area (Å²) >= 11 is 5.82. The van der Waals surface area contributed by atoms with E-state index in [0.29, 0.717) is 5.56 Å². The summed E-state index contributed by atoms with van der Waals surface area (Å²) in [6.07, 6.45) is 0. The van der Waals surface area contributed by atoms with Crippen molar-refractivity contribution < 1.29 is 28.0 Å². The van der Waals surface area contributed by atoms with E-state index >= 15 is 0 Å². The van der Waals surface area contributed by atoms with Gasteiger partial charge < -0.3 is 30.8 Å². The molecule has 0 aromatic heterocycles. The van der Waals surface area contributed by atoms with Gasteiger partial charge in [0.1, 0.15) is 0 Å². The quantitative estimate of drug-likeness (QED) is 0.509. The number of rotatable bonds is 5. The monoisotopic (exact) mass is 350 g/mol. The van der Waals surface area contributed by atoms with Crippen molar-refractivity contribution in [3.05, 3.63) is 22.7 Å². The minimum Gasteiger partial charge on any atom is -0.582 e. The first-order valence-electron chi connectivity index (χ1n) is 5.81. The molecule has 2 amide bonds. The van der Waals surface area contributed by atoms with Crippen LogP contribution in [0.25, 0.3) is 0 Å². The molecule has 1 unspecified atom stereocenters. The van der Waals surface area contributed by atoms with Crippen LogP contribution >= 0.6 is 11.6 Å². The summed E-state index contributed by atoms with van der Waals surface area (Å²) < 4.78 is 31.2. The molecule has 11 heteroatoms. The van der Waals surface area contributed by atoms with Gasteiger partial charge in [0.25, 0.3) is 0 Å². The molecular formula is C11H13ClN3O6S-. The average Bonchev–Trinajstić information content (AvgIpc) is 2.39. The van der Waals surface area contributed by atoms with E-state index in [9.17, 15) is 23.5 Å². The number of anilines is 1. The number of carboxylic acid groups (broad SMARTS) is 1. The Morgan fingerprint density at radius 1 is 1.50 bits per heavy atom. The van der Waals surface area contributed by atoms with Crippen molar-refractivity contribution in [3.63, 3.8) is 0 Å². The summed E-state index contributed by atoms with van der Waals surface area (Å²) in [5.41, 5.74) is 5.54. The average molecular weight is 351 g/mol. The summed E-state index contributed by atoms with van der Waals surface area (Å²) in [5.74, 6) is -1.53. The Bertz CT molecular complexity index is 647. The third-order valence-corrected chi connectivity index (χ3v) is 3.87. The van der Waals surface area contributed by atoms with Crippen LogP contribution in [-0.2, 0) is 19.5 Å². The van der Waals surface area contributed by atoms with Gasteiger partial charge in [-0.2, -0.15) is 4.55 Å². The highest BCUT2D eigenvalue weighted by Gasteiger charge is 2.20. The molecule has 0 fully saturated rings. The Balaban J connectivity index is 2.89. The smallest absolute Gasteiger partial charge is 0.319 e. The van der Waals surface area contributed by atoms with Crippen LogP contribution in [0.1, 0.15) is 5.56 Å². The highest BCUT2D eigenvalue weighted by molar-refractivity contribution is 7.92. The molecule has 0 aliphatic rings. The predicted molar refractivity (Wildman–Crippen MR) is 75.9 cm³/mol. The van der Waals surface area contributed by atoms with Crippen molar-refractivity contribution in [3.8, 4) is 0 Å². The van der Waals surface area contributed by atoms with Crippen molar-refractivity contribution in [1.82, 2.24) is 5.32 Å². The molecule has 9 nitrogen and oxygen atoms in total. The van der Waals surface area contributed by atoms with E-state index in [4.69, 9.17) is 21.9 Å². The number of nitrogens with one attached hydrogen (secondary N) is 2. The van der Waals surface area contributed by atoms with E-state index in [0.717, 1.165) is 12.1 Å². The van der Waals surface area contributed by atoms with Crippen LogP contribution < -0.4 is 21.5 Å². The Hall–Kier alpha value is -1.72. The molecule has 22 heavy (non-hydrogen) atoms. The van der Waals surface area contributed by atoms with Crippen LogP contribution in [0.4, 0.5) is 10.5 Å². The first-order valence-corrected chi connectivity index (χ1v) is 7.63. The lowest BCUT2D eigenvalue weighted by Gasteiger charge is -2.16. The number of amides is 2. The number of nitrogens with two attached hydrogens (primary N) is 1. The highest BCUT2D eigenvalue weighted by Crippen LogP contribution is 2.29. The van der Waals surface area contributed by atoms with Crippen molar-refractivity contribution in [2.75, 3.05) is 11.9 Å².